The van der Waals surface area contributed by atoms with E-state index in [-0.39, 0.29) is 0 Å². The van der Waals surface area contributed by atoms with Crippen molar-refractivity contribution in [1.29, 1.82) is 0 Å². The Kier molecular flexibility index (Phi) is 5.70. The summed E-state index contributed by atoms with van der Waals surface area (Å²) in [6.07, 6.45) is 2.97. The van der Waals surface area contributed by atoms with Gasteiger partial charge in [0, 0.05) is 22.7 Å². The van der Waals surface area contributed by atoms with E-state index in [2.05, 4.69) is 0 Å². The van der Waals surface area contributed by atoms with E-state index in [1.807, 2.05) is 12.1 Å². The Balaban J connectivity index is 1.64. The predicted molar refractivity (Wildman–Crippen MR) is 118 cm³/mol. The van der Waals surface area contributed by atoms with Gasteiger partial charge in [-0.25, -0.2) is 9.59 Å². The third kappa shape index (κ3) is 4.45. The van der Waals surface area contributed by atoms with Gasteiger partial charge in [-0.3, -0.25) is 0 Å². The molecule has 0 saturated carbocycles. The molecule has 4 aromatic rings. The van der Waals surface area contributed by atoms with Gasteiger partial charge in [0.1, 0.15) is 11.5 Å². The molecule has 150 valence electrons. The fourth-order valence-electron chi connectivity index (χ4n) is 2.88. The van der Waals surface area contributed by atoms with E-state index < -0.39 is 10.9 Å². The summed E-state index contributed by atoms with van der Waals surface area (Å²) in [5.41, 5.74) is 2.72. The molecule has 0 aliphatic heterocycles. The number of rotatable bonds is 5. The number of halogens is 1. The first-order chi connectivity index (χ1) is 14.5. The number of carbonyl (C=O) groups excluding carboxylic acids is 1. The van der Waals surface area contributed by atoms with Crippen LogP contribution in [-0.4, -0.2) is 13.1 Å². The minimum atomic E-state index is -0.541. The maximum absolute atomic E-state index is 12.3. The summed E-state index contributed by atoms with van der Waals surface area (Å²) in [5, 5.41) is 0.619. The number of hydrogen-bond donors (Lipinski definition) is 0. The van der Waals surface area contributed by atoms with Crippen molar-refractivity contribution in [3.8, 4) is 22.6 Å². The Hall–Kier alpha value is -3.35. The molecule has 0 aliphatic rings. The van der Waals surface area contributed by atoms with Gasteiger partial charge in [0.05, 0.1) is 11.8 Å². The molecule has 3 aromatic carbocycles. The van der Waals surface area contributed by atoms with Crippen molar-refractivity contribution < 1.29 is 18.7 Å². The lowest BCUT2D eigenvalue weighted by Gasteiger charge is -2.07. The zero-order valence-electron chi connectivity index (χ0n) is 15.8. The number of fused-ring (bicyclic) bond motifs is 1. The summed E-state index contributed by atoms with van der Waals surface area (Å²) in [6.45, 7) is 0. The fraction of sp³-hybridized carbons (Fsp3) is 0.0435. The molecule has 4 rings (SSSR count). The molecule has 0 aliphatic carbocycles. The number of hydrogen-bond acceptors (Lipinski definition) is 6. The van der Waals surface area contributed by atoms with Crippen LogP contribution in [0.3, 0.4) is 0 Å². The molecule has 7 heteroatoms. The molecule has 0 spiro atoms. The maximum Gasteiger partial charge on any atom is 0.396 e. The van der Waals surface area contributed by atoms with E-state index in [0.717, 1.165) is 22.5 Å². The van der Waals surface area contributed by atoms with Gasteiger partial charge in [-0.2, -0.15) is 0 Å². The second-order valence-corrected chi connectivity index (χ2v) is 7.70. The van der Waals surface area contributed by atoms with Crippen molar-refractivity contribution in [1.82, 2.24) is 0 Å². The number of methoxy groups -OCH3 is 1. The quantitative estimate of drug-likeness (QED) is 0.224. The molecular weight excluding hydrogens is 424 g/mol. The van der Waals surface area contributed by atoms with Crippen molar-refractivity contribution in [2.45, 2.75) is 0 Å². The highest BCUT2D eigenvalue weighted by Crippen LogP contribution is 2.35. The summed E-state index contributed by atoms with van der Waals surface area (Å²) in [4.78, 5) is 23.7. The normalized spacial score (nSPS) is 11.1. The van der Waals surface area contributed by atoms with Gasteiger partial charge in [0.15, 0.2) is 5.58 Å². The molecule has 0 amide bonds. The minimum Gasteiger partial charge on any atom is -0.497 e. The lowest BCUT2D eigenvalue weighted by Crippen LogP contribution is -2.03. The van der Waals surface area contributed by atoms with Crippen molar-refractivity contribution in [2.75, 3.05) is 7.11 Å². The van der Waals surface area contributed by atoms with Crippen LogP contribution in [0.25, 0.3) is 27.5 Å². The Morgan fingerprint density at radius 1 is 1.03 bits per heavy atom. The van der Waals surface area contributed by atoms with Gasteiger partial charge < -0.3 is 13.9 Å². The lowest BCUT2D eigenvalue weighted by molar-refractivity contribution is -0.128. The molecule has 0 unspecified atom stereocenters. The molecule has 0 saturated heterocycles. The largest absolute Gasteiger partial charge is 0.497 e. The highest BCUT2D eigenvalue weighted by atomic mass is 35.5. The van der Waals surface area contributed by atoms with Crippen LogP contribution in [0.5, 0.6) is 11.5 Å². The van der Waals surface area contributed by atoms with Crippen molar-refractivity contribution >= 4 is 45.3 Å². The first kappa shape index (κ1) is 19.9. The van der Waals surface area contributed by atoms with Crippen LogP contribution < -0.4 is 14.4 Å². The van der Waals surface area contributed by atoms with E-state index in [4.69, 9.17) is 25.5 Å². The highest BCUT2D eigenvalue weighted by Gasteiger charge is 2.14. The van der Waals surface area contributed by atoms with Crippen molar-refractivity contribution in [2.24, 2.45) is 0 Å². The van der Waals surface area contributed by atoms with Crippen LogP contribution in [0.15, 0.2) is 76.0 Å². The topological polar surface area (TPSA) is 65.7 Å². The van der Waals surface area contributed by atoms with Crippen LogP contribution in [0, 0.1) is 0 Å². The minimum absolute atomic E-state index is 0.316. The van der Waals surface area contributed by atoms with E-state index in [1.165, 1.54) is 6.08 Å². The predicted octanol–water partition coefficient (Wildman–Crippen LogP) is 5.80. The van der Waals surface area contributed by atoms with Gasteiger partial charge in [0.25, 0.3) is 0 Å². The summed E-state index contributed by atoms with van der Waals surface area (Å²) in [7, 11) is 1.59. The average molecular weight is 439 g/mol. The van der Waals surface area contributed by atoms with Gasteiger partial charge in [-0.1, -0.05) is 47.2 Å². The summed E-state index contributed by atoms with van der Waals surface area (Å²) in [5.74, 6) is 0.480. The number of carbonyl (C=O) groups is 1. The van der Waals surface area contributed by atoms with Crippen LogP contribution in [0.2, 0.25) is 5.02 Å². The molecule has 0 bridgehead atoms. The zero-order valence-corrected chi connectivity index (χ0v) is 17.3. The number of esters is 1. The molecule has 0 N–H and O–H groups in total. The van der Waals surface area contributed by atoms with Gasteiger partial charge in [0.2, 0.25) is 0 Å². The monoisotopic (exact) mass is 438 g/mol. The van der Waals surface area contributed by atoms with Crippen LogP contribution in [-0.2, 0) is 4.79 Å². The van der Waals surface area contributed by atoms with E-state index in [9.17, 15) is 9.59 Å². The Bertz CT molecular complexity index is 1280. The molecule has 1 aromatic heterocycles. The highest BCUT2D eigenvalue weighted by molar-refractivity contribution is 7.16. The van der Waals surface area contributed by atoms with Gasteiger partial charge in [-0.05, 0) is 47.5 Å². The molecule has 0 radical (unpaired) electrons. The molecule has 0 fully saturated rings. The fourth-order valence-corrected chi connectivity index (χ4v) is 3.73. The lowest BCUT2D eigenvalue weighted by atomic mass is 10.0. The molecular formula is C23H15ClO5S. The van der Waals surface area contributed by atoms with Gasteiger partial charge >= 0.3 is 10.9 Å². The van der Waals surface area contributed by atoms with Crippen molar-refractivity contribution in [3.63, 3.8) is 0 Å². The van der Waals surface area contributed by atoms with E-state index in [0.29, 0.717) is 32.4 Å². The van der Waals surface area contributed by atoms with Crippen LogP contribution >= 0.6 is 22.9 Å². The first-order valence-corrected chi connectivity index (χ1v) is 10.1. The molecule has 0 atom stereocenters. The van der Waals surface area contributed by atoms with Crippen LogP contribution in [0.4, 0.5) is 0 Å². The van der Waals surface area contributed by atoms with E-state index >= 15 is 0 Å². The summed E-state index contributed by atoms with van der Waals surface area (Å²) in [6, 6.07) is 17.7. The third-order valence-corrected chi connectivity index (χ3v) is 5.33. The maximum atomic E-state index is 12.3. The smallest absolute Gasteiger partial charge is 0.396 e. The number of ether oxygens (including phenoxy) is 2. The summed E-state index contributed by atoms with van der Waals surface area (Å²) < 4.78 is 16.6. The van der Waals surface area contributed by atoms with Crippen molar-refractivity contribution in [3.05, 3.63) is 87.1 Å². The number of benzene rings is 3. The standard InChI is InChI=1S/C23H15ClO5S/c1-27-17-9-5-15(6-10-17)19-12-18(13-20-22(19)29-23(26)30-20)28-21(25)11-4-14-2-7-16(24)8-3-14/h2-13H,1H3. The first-order valence-electron chi connectivity index (χ1n) is 8.89. The van der Waals surface area contributed by atoms with Crippen LogP contribution in [0.1, 0.15) is 5.56 Å². The Morgan fingerprint density at radius 3 is 2.47 bits per heavy atom. The summed E-state index contributed by atoms with van der Waals surface area (Å²) >= 11 is 6.81. The SMILES string of the molecule is COc1ccc(-c2cc(OC(=O)C=Cc3ccc(Cl)cc3)cc3sc(=O)oc23)cc1. The zero-order chi connectivity index (χ0) is 21.1. The van der Waals surface area contributed by atoms with Gasteiger partial charge in [-0.15, -0.1) is 0 Å². The second-order valence-electron chi connectivity index (χ2n) is 6.29. The van der Waals surface area contributed by atoms with E-state index in [1.54, 1.807) is 61.7 Å². The Morgan fingerprint density at radius 2 is 1.77 bits per heavy atom. The average Bonchev–Trinajstić information content (AvgIpc) is 3.13. The second kappa shape index (κ2) is 8.57. The molecule has 30 heavy (non-hydrogen) atoms. The Labute approximate surface area is 180 Å². The molecule has 1 heterocycles. The third-order valence-electron chi connectivity index (χ3n) is 4.31. The molecule has 5 nitrogen and oxygen atoms in total.